The molecule has 2 aliphatic rings. The monoisotopic (exact) mass is 266 g/mol. The van der Waals surface area contributed by atoms with Crippen molar-refractivity contribution in [1.82, 2.24) is 10.2 Å². The van der Waals surface area contributed by atoms with Crippen molar-refractivity contribution in [1.29, 1.82) is 0 Å². The fourth-order valence-corrected chi connectivity index (χ4v) is 4.10. The van der Waals surface area contributed by atoms with Crippen LogP contribution in [0.1, 0.15) is 66.2 Å². The largest absolute Gasteiger partial charge is 0.311 e. The third-order valence-corrected chi connectivity index (χ3v) is 5.61. The van der Waals surface area contributed by atoms with Gasteiger partial charge in [-0.2, -0.15) is 0 Å². The SMILES string of the molecule is CCC1CN(C2CCCC(C(C)C)C2)C(CC)CN1. The summed E-state index contributed by atoms with van der Waals surface area (Å²) >= 11 is 0. The van der Waals surface area contributed by atoms with E-state index in [1.165, 1.54) is 51.6 Å². The highest BCUT2D eigenvalue weighted by molar-refractivity contribution is 4.91. The van der Waals surface area contributed by atoms with Gasteiger partial charge < -0.3 is 5.32 Å². The minimum Gasteiger partial charge on any atom is -0.311 e. The van der Waals surface area contributed by atoms with Crippen LogP contribution in [0.3, 0.4) is 0 Å². The molecule has 4 atom stereocenters. The Bertz CT molecular complexity index is 264. The van der Waals surface area contributed by atoms with E-state index >= 15 is 0 Å². The Morgan fingerprint density at radius 1 is 1.16 bits per heavy atom. The highest BCUT2D eigenvalue weighted by Gasteiger charge is 2.34. The number of hydrogen-bond acceptors (Lipinski definition) is 2. The zero-order valence-corrected chi connectivity index (χ0v) is 13.5. The van der Waals surface area contributed by atoms with Gasteiger partial charge in [0.1, 0.15) is 0 Å². The van der Waals surface area contributed by atoms with Gasteiger partial charge in [0.2, 0.25) is 0 Å². The van der Waals surface area contributed by atoms with E-state index in [2.05, 4.69) is 37.9 Å². The van der Waals surface area contributed by atoms with Crippen molar-refractivity contribution < 1.29 is 0 Å². The quantitative estimate of drug-likeness (QED) is 0.835. The molecule has 1 N–H and O–H groups in total. The molecule has 0 aromatic rings. The van der Waals surface area contributed by atoms with Crippen molar-refractivity contribution in [2.24, 2.45) is 11.8 Å². The summed E-state index contributed by atoms with van der Waals surface area (Å²) < 4.78 is 0. The van der Waals surface area contributed by atoms with E-state index < -0.39 is 0 Å². The fraction of sp³-hybridized carbons (Fsp3) is 1.00. The normalized spacial score (nSPS) is 37.7. The lowest BCUT2D eigenvalue weighted by Crippen LogP contribution is -2.59. The molecule has 0 bridgehead atoms. The number of nitrogens with one attached hydrogen (secondary N) is 1. The van der Waals surface area contributed by atoms with Gasteiger partial charge in [0, 0.05) is 31.2 Å². The summed E-state index contributed by atoms with van der Waals surface area (Å²) in [5.41, 5.74) is 0. The van der Waals surface area contributed by atoms with Crippen LogP contribution in [-0.2, 0) is 0 Å². The Balaban J connectivity index is 1.99. The van der Waals surface area contributed by atoms with Crippen molar-refractivity contribution in [3.05, 3.63) is 0 Å². The molecule has 1 saturated carbocycles. The van der Waals surface area contributed by atoms with Crippen molar-refractivity contribution in [3.63, 3.8) is 0 Å². The van der Waals surface area contributed by atoms with E-state index in [1.807, 2.05) is 0 Å². The van der Waals surface area contributed by atoms with E-state index in [-0.39, 0.29) is 0 Å². The van der Waals surface area contributed by atoms with Gasteiger partial charge >= 0.3 is 0 Å². The second-order valence-corrected chi connectivity index (χ2v) is 7.10. The fourth-order valence-electron chi connectivity index (χ4n) is 4.10. The van der Waals surface area contributed by atoms with Crippen LogP contribution in [0.4, 0.5) is 0 Å². The predicted octanol–water partition coefficient (Wildman–Crippen LogP) is 3.66. The van der Waals surface area contributed by atoms with Gasteiger partial charge in [-0.25, -0.2) is 0 Å². The van der Waals surface area contributed by atoms with Crippen LogP contribution in [-0.4, -0.2) is 36.1 Å². The molecule has 1 heterocycles. The molecule has 2 rings (SSSR count). The van der Waals surface area contributed by atoms with Crippen LogP contribution in [0.25, 0.3) is 0 Å². The predicted molar refractivity (Wildman–Crippen MR) is 83.5 cm³/mol. The Morgan fingerprint density at radius 3 is 2.58 bits per heavy atom. The third-order valence-electron chi connectivity index (χ3n) is 5.61. The van der Waals surface area contributed by atoms with Crippen LogP contribution in [0.15, 0.2) is 0 Å². The zero-order chi connectivity index (χ0) is 13.8. The zero-order valence-electron chi connectivity index (χ0n) is 13.5. The standard InChI is InChI=1S/C17H34N2/c1-5-15-12-19(16(6-2)11-18-15)17-9-7-8-14(10-17)13(3)4/h13-18H,5-12H2,1-4H3. The first kappa shape index (κ1) is 15.3. The van der Waals surface area contributed by atoms with Gasteiger partial charge in [-0.15, -0.1) is 0 Å². The molecule has 1 aliphatic carbocycles. The maximum Gasteiger partial charge on any atom is 0.0221 e. The van der Waals surface area contributed by atoms with E-state index in [9.17, 15) is 0 Å². The molecule has 0 aromatic carbocycles. The molecule has 1 aliphatic heterocycles. The molecule has 1 saturated heterocycles. The van der Waals surface area contributed by atoms with Gasteiger partial charge in [-0.05, 0) is 37.5 Å². The van der Waals surface area contributed by atoms with Gasteiger partial charge in [0.15, 0.2) is 0 Å². The summed E-state index contributed by atoms with van der Waals surface area (Å²) in [6.07, 6.45) is 8.37. The molecule has 4 unspecified atom stereocenters. The van der Waals surface area contributed by atoms with Gasteiger partial charge in [-0.1, -0.05) is 40.5 Å². The summed E-state index contributed by atoms with van der Waals surface area (Å²) in [5, 5.41) is 3.73. The van der Waals surface area contributed by atoms with Crippen LogP contribution in [0, 0.1) is 11.8 Å². The second kappa shape index (κ2) is 7.08. The van der Waals surface area contributed by atoms with Crippen LogP contribution < -0.4 is 5.32 Å². The number of rotatable bonds is 4. The van der Waals surface area contributed by atoms with Crippen molar-refractivity contribution in [3.8, 4) is 0 Å². The van der Waals surface area contributed by atoms with Crippen LogP contribution >= 0.6 is 0 Å². The third kappa shape index (κ3) is 3.72. The molecule has 0 amide bonds. The van der Waals surface area contributed by atoms with Crippen molar-refractivity contribution in [2.75, 3.05) is 13.1 Å². The van der Waals surface area contributed by atoms with Gasteiger partial charge in [0.05, 0.1) is 0 Å². The molecular weight excluding hydrogens is 232 g/mol. The molecule has 0 spiro atoms. The first-order chi connectivity index (χ1) is 9.15. The topological polar surface area (TPSA) is 15.3 Å². The first-order valence-corrected chi connectivity index (χ1v) is 8.64. The highest BCUT2D eigenvalue weighted by Crippen LogP contribution is 2.34. The van der Waals surface area contributed by atoms with E-state index in [4.69, 9.17) is 0 Å². The molecule has 0 radical (unpaired) electrons. The van der Waals surface area contributed by atoms with Crippen molar-refractivity contribution >= 4 is 0 Å². The highest BCUT2D eigenvalue weighted by atomic mass is 15.3. The summed E-state index contributed by atoms with van der Waals surface area (Å²) in [4.78, 5) is 2.87. The lowest BCUT2D eigenvalue weighted by atomic mass is 9.78. The number of piperazine rings is 1. The van der Waals surface area contributed by atoms with Gasteiger partial charge in [0.25, 0.3) is 0 Å². The van der Waals surface area contributed by atoms with E-state index in [1.54, 1.807) is 0 Å². The lowest BCUT2D eigenvalue weighted by Gasteiger charge is -2.47. The van der Waals surface area contributed by atoms with Crippen LogP contribution in [0.5, 0.6) is 0 Å². The first-order valence-electron chi connectivity index (χ1n) is 8.64. The van der Waals surface area contributed by atoms with E-state index in [0.29, 0.717) is 0 Å². The molecule has 2 fully saturated rings. The molecule has 2 nitrogen and oxygen atoms in total. The summed E-state index contributed by atoms with van der Waals surface area (Å²) in [7, 11) is 0. The Labute approximate surface area is 120 Å². The Hall–Kier alpha value is -0.0800. The Kier molecular flexibility index (Phi) is 5.70. The molecule has 0 aromatic heterocycles. The summed E-state index contributed by atoms with van der Waals surface area (Å²) in [6.45, 7) is 12.0. The molecule has 19 heavy (non-hydrogen) atoms. The molecule has 2 heteroatoms. The average Bonchev–Trinajstić information content (AvgIpc) is 2.46. The van der Waals surface area contributed by atoms with Gasteiger partial charge in [-0.3, -0.25) is 4.90 Å². The van der Waals surface area contributed by atoms with Crippen LogP contribution in [0.2, 0.25) is 0 Å². The summed E-state index contributed by atoms with van der Waals surface area (Å²) in [5.74, 6) is 1.83. The minimum atomic E-state index is 0.724. The molecular formula is C17H34N2. The Morgan fingerprint density at radius 2 is 1.95 bits per heavy atom. The lowest BCUT2D eigenvalue weighted by molar-refractivity contribution is 0.0397. The second-order valence-electron chi connectivity index (χ2n) is 7.10. The number of nitrogens with zero attached hydrogens (tertiary/aromatic N) is 1. The number of hydrogen-bond donors (Lipinski definition) is 1. The van der Waals surface area contributed by atoms with E-state index in [0.717, 1.165) is 30.0 Å². The maximum atomic E-state index is 3.73. The smallest absolute Gasteiger partial charge is 0.0221 e. The maximum absolute atomic E-state index is 3.73. The molecule has 112 valence electrons. The average molecular weight is 266 g/mol. The summed E-state index contributed by atoms with van der Waals surface area (Å²) in [6, 6.07) is 2.36. The minimum absolute atomic E-state index is 0.724. The van der Waals surface area contributed by atoms with Crippen molar-refractivity contribution in [2.45, 2.75) is 84.3 Å².